The van der Waals surface area contributed by atoms with Crippen LogP contribution in [0.25, 0.3) is 0 Å². The Morgan fingerprint density at radius 2 is 2.25 bits per heavy atom. The molecule has 0 aliphatic carbocycles. The number of ether oxygens (including phenoxy) is 1. The smallest absolute Gasteiger partial charge is 0.277 e. The molecule has 1 aromatic carbocycles. The van der Waals surface area contributed by atoms with Crippen molar-refractivity contribution in [1.82, 2.24) is 10.4 Å². The normalized spacial score (nSPS) is 18.3. The average Bonchev–Trinajstić information content (AvgIpc) is 2.27. The van der Waals surface area contributed by atoms with Crippen molar-refractivity contribution in [3.05, 3.63) is 24.3 Å². The standard InChI is InChI=1S/C11H15N3O2/c1-14(2)13-11(15)10-7-12-8-5-3-4-6-9(8)16-10/h3-6,10,12H,7H2,1-2H3,(H,13,15). The Bertz CT molecular complexity index is 393. The molecule has 2 rings (SSSR count). The number of hydrogen-bond acceptors (Lipinski definition) is 4. The molecule has 1 aromatic rings. The van der Waals surface area contributed by atoms with Gasteiger partial charge in [-0.3, -0.25) is 10.2 Å². The fourth-order valence-electron chi connectivity index (χ4n) is 1.55. The van der Waals surface area contributed by atoms with Crippen LogP contribution in [0.3, 0.4) is 0 Å². The van der Waals surface area contributed by atoms with Crippen LogP contribution in [0, 0.1) is 0 Å². The van der Waals surface area contributed by atoms with E-state index in [2.05, 4.69) is 10.7 Å². The van der Waals surface area contributed by atoms with Crippen LogP contribution in [-0.2, 0) is 4.79 Å². The Hall–Kier alpha value is -1.75. The van der Waals surface area contributed by atoms with Gasteiger partial charge in [0.1, 0.15) is 5.75 Å². The Morgan fingerprint density at radius 3 is 3.00 bits per heavy atom. The first-order chi connectivity index (χ1) is 7.66. The highest BCUT2D eigenvalue weighted by Gasteiger charge is 2.25. The molecule has 1 aliphatic heterocycles. The summed E-state index contributed by atoms with van der Waals surface area (Å²) in [6.07, 6.45) is -0.489. The molecular formula is C11H15N3O2. The van der Waals surface area contributed by atoms with E-state index in [1.54, 1.807) is 19.1 Å². The number of amides is 1. The fraction of sp³-hybridized carbons (Fsp3) is 0.364. The third-order valence-corrected chi connectivity index (χ3v) is 2.26. The molecule has 0 bridgehead atoms. The maximum absolute atomic E-state index is 11.7. The first kappa shape index (κ1) is 10.8. The summed E-state index contributed by atoms with van der Waals surface area (Å²) in [5.41, 5.74) is 3.60. The van der Waals surface area contributed by atoms with Crippen molar-refractivity contribution in [3.63, 3.8) is 0 Å². The van der Waals surface area contributed by atoms with Crippen molar-refractivity contribution in [2.75, 3.05) is 26.0 Å². The molecule has 1 amide bonds. The van der Waals surface area contributed by atoms with Crippen LogP contribution in [0.1, 0.15) is 0 Å². The van der Waals surface area contributed by atoms with Gasteiger partial charge in [-0.2, -0.15) is 0 Å². The van der Waals surface area contributed by atoms with Crippen molar-refractivity contribution >= 4 is 11.6 Å². The first-order valence-electron chi connectivity index (χ1n) is 5.14. The van der Waals surface area contributed by atoms with Gasteiger partial charge in [-0.05, 0) is 12.1 Å². The molecule has 16 heavy (non-hydrogen) atoms. The van der Waals surface area contributed by atoms with E-state index in [-0.39, 0.29) is 5.91 Å². The van der Waals surface area contributed by atoms with Gasteiger partial charge in [0.25, 0.3) is 5.91 Å². The largest absolute Gasteiger partial charge is 0.476 e. The number of para-hydroxylation sites is 2. The van der Waals surface area contributed by atoms with Gasteiger partial charge < -0.3 is 10.1 Å². The number of rotatable bonds is 2. The average molecular weight is 221 g/mol. The SMILES string of the molecule is CN(C)NC(=O)C1CNc2ccccc2O1. The van der Waals surface area contributed by atoms with E-state index < -0.39 is 6.10 Å². The minimum atomic E-state index is -0.489. The molecule has 1 unspecified atom stereocenters. The molecule has 1 heterocycles. The highest BCUT2D eigenvalue weighted by Crippen LogP contribution is 2.27. The molecule has 0 saturated heterocycles. The maximum Gasteiger partial charge on any atom is 0.277 e. The van der Waals surface area contributed by atoms with Crippen LogP contribution in [0.15, 0.2) is 24.3 Å². The van der Waals surface area contributed by atoms with Crippen LogP contribution >= 0.6 is 0 Å². The third-order valence-electron chi connectivity index (χ3n) is 2.26. The maximum atomic E-state index is 11.7. The lowest BCUT2D eigenvalue weighted by Gasteiger charge is -2.27. The van der Waals surface area contributed by atoms with E-state index in [0.29, 0.717) is 12.3 Å². The van der Waals surface area contributed by atoms with Gasteiger partial charge in [-0.1, -0.05) is 12.1 Å². The number of hydrazine groups is 1. The Kier molecular flexibility index (Phi) is 2.96. The van der Waals surface area contributed by atoms with Gasteiger partial charge in [-0.15, -0.1) is 0 Å². The molecular weight excluding hydrogens is 206 g/mol. The van der Waals surface area contributed by atoms with Crippen molar-refractivity contribution in [2.45, 2.75) is 6.10 Å². The monoisotopic (exact) mass is 221 g/mol. The number of anilines is 1. The molecule has 0 radical (unpaired) electrons. The van der Waals surface area contributed by atoms with Crippen molar-refractivity contribution < 1.29 is 9.53 Å². The van der Waals surface area contributed by atoms with Gasteiger partial charge in [0.2, 0.25) is 0 Å². The Balaban J connectivity index is 2.05. The zero-order chi connectivity index (χ0) is 11.5. The van der Waals surface area contributed by atoms with E-state index in [0.717, 1.165) is 5.69 Å². The van der Waals surface area contributed by atoms with Gasteiger partial charge in [-0.25, -0.2) is 5.01 Å². The number of carbonyl (C=O) groups is 1. The number of fused-ring (bicyclic) bond motifs is 1. The molecule has 0 aromatic heterocycles. The second-order valence-corrected chi connectivity index (χ2v) is 3.85. The molecule has 0 fully saturated rings. The molecule has 5 heteroatoms. The highest BCUT2D eigenvalue weighted by atomic mass is 16.5. The van der Waals surface area contributed by atoms with E-state index in [1.165, 1.54) is 0 Å². The molecule has 0 saturated carbocycles. The van der Waals surface area contributed by atoms with Crippen molar-refractivity contribution in [3.8, 4) is 5.75 Å². The molecule has 5 nitrogen and oxygen atoms in total. The summed E-state index contributed by atoms with van der Waals surface area (Å²) in [6, 6.07) is 7.58. The van der Waals surface area contributed by atoms with Crippen LogP contribution in [0.5, 0.6) is 5.75 Å². The number of carbonyl (C=O) groups excluding carboxylic acids is 1. The summed E-state index contributed by atoms with van der Waals surface area (Å²) in [6.45, 7) is 0.483. The molecule has 0 spiro atoms. The Labute approximate surface area is 94.4 Å². The summed E-state index contributed by atoms with van der Waals surface area (Å²) in [5.74, 6) is 0.569. The number of hydrogen-bond donors (Lipinski definition) is 2. The zero-order valence-corrected chi connectivity index (χ0v) is 9.36. The third kappa shape index (κ3) is 2.25. The van der Waals surface area contributed by atoms with E-state index in [9.17, 15) is 4.79 Å². The van der Waals surface area contributed by atoms with E-state index >= 15 is 0 Å². The van der Waals surface area contributed by atoms with Crippen LogP contribution in [0.2, 0.25) is 0 Å². The lowest BCUT2D eigenvalue weighted by Crippen LogP contribution is -2.48. The minimum Gasteiger partial charge on any atom is -0.476 e. The lowest BCUT2D eigenvalue weighted by atomic mass is 10.2. The summed E-state index contributed by atoms with van der Waals surface area (Å²) >= 11 is 0. The van der Waals surface area contributed by atoms with Crippen LogP contribution in [-0.4, -0.2) is 37.7 Å². The van der Waals surface area contributed by atoms with Gasteiger partial charge in [0.15, 0.2) is 6.10 Å². The van der Waals surface area contributed by atoms with E-state index in [4.69, 9.17) is 4.74 Å². The summed E-state index contributed by atoms with van der Waals surface area (Å²) < 4.78 is 5.59. The topological polar surface area (TPSA) is 53.6 Å². The predicted molar refractivity (Wildman–Crippen MR) is 61.2 cm³/mol. The minimum absolute atomic E-state index is 0.146. The van der Waals surface area contributed by atoms with E-state index in [1.807, 2.05) is 24.3 Å². The fourth-order valence-corrected chi connectivity index (χ4v) is 1.55. The molecule has 1 aliphatic rings. The van der Waals surface area contributed by atoms with Gasteiger partial charge in [0.05, 0.1) is 12.2 Å². The zero-order valence-electron chi connectivity index (χ0n) is 9.36. The molecule has 2 N–H and O–H groups in total. The molecule has 1 atom stereocenters. The van der Waals surface area contributed by atoms with Gasteiger partial charge in [0, 0.05) is 14.1 Å². The second-order valence-electron chi connectivity index (χ2n) is 3.85. The lowest BCUT2D eigenvalue weighted by molar-refractivity contribution is -0.131. The summed E-state index contributed by atoms with van der Waals surface area (Å²) in [4.78, 5) is 11.7. The molecule has 86 valence electrons. The van der Waals surface area contributed by atoms with Crippen LogP contribution in [0.4, 0.5) is 5.69 Å². The highest BCUT2D eigenvalue weighted by molar-refractivity contribution is 5.82. The van der Waals surface area contributed by atoms with Crippen molar-refractivity contribution in [1.29, 1.82) is 0 Å². The van der Waals surface area contributed by atoms with Crippen LogP contribution < -0.4 is 15.5 Å². The second kappa shape index (κ2) is 4.40. The Morgan fingerprint density at radius 1 is 1.50 bits per heavy atom. The number of nitrogens with one attached hydrogen (secondary N) is 2. The van der Waals surface area contributed by atoms with Gasteiger partial charge >= 0.3 is 0 Å². The van der Waals surface area contributed by atoms with Crippen molar-refractivity contribution in [2.24, 2.45) is 0 Å². The summed E-state index contributed by atoms with van der Waals surface area (Å²) in [7, 11) is 3.53. The predicted octanol–water partition coefficient (Wildman–Crippen LogP) is 0.452. The quantitative estimate of drug-likeness (QED) is 0.712. The first-order valence-corrected chi connectivity index (χ1v) is 5.14. The number of nitrogens with zero attached hydrogens (tertiary/aromatic N) is 1. The summed E-state index contributed by atoms with van der Waals surface area (Å²) in [5, 5.41) is 4.77. The number of benzene rings is 1.